The molecule has 0 bridgehead atoms. The topological polar surface area (TPSA) is 56.0 Å². The van der Waals surface area contributed by atoms with Gasteiger partial charge in [-0.05, 0) is 19.8 Å². The Morgan fingerprint density at radius 2 is 2.38 bits per heavy atom. The summed E-state index contributed by atoms with van der Waals surface area (Å²) < 4.78 is 0. The Kier molecular flexibility index (Phi) is 2.17. The minimum atomic E-state index is 0.216. The lowest BCUT2D eigenvalue weighted by Crippen LogP contribution is -1.99. The van der Waals surface area contributed by atoms with Gasteiger partial charge >= 0.3 is 0 Å². The molecule has 1 fully saturated rings. The minimum absolute atomic E-state index is 0.216. The van der Waals surface area contributed by atoms with E-state index in [1.807, 2.05) is 6.92 Å². The number of hydrogen-bond acceptors (Lipinski definition) is 4. The standard InChI is InChI=1S/C9H12N2OS/c1-5-7(4-10)13-9(11-5)8(12)6-2-3-6/h6H,2-4,10H2,1H3. The Hall–Kier alpha value is -0.740. The second kappa shape index (κ2) is 3.20. The summed E-state index contributed by atoms with van der Waals surface area (Å²) in [6, 6.07) is 0. The van der Waals surface area contributed by atoms with Crippen molar-refractivity contribution in [3.8, 4) is 0 Å². The van der Waals surface area contributed by atoms with E-state index in [0.717, 1.165) is 23.4 Å². The first kappa shape index (κ1) is 8.84. The molecule has 13 heavy (non-hydrogen) atoms. The molecule has 1 aromatic rings. The maximum absolute atomic E-state index is 11.6. The molecule has 0 unspecified atom stereocenters. The van der Waals surface area contributed by atoms with Crippen molar-refractivity contribution in [2.75, 3.05) is 0 Å². The summed E-state index contributed by atoms with van der Waals surface area (Å²) in [5, 5.41) is 0.653. The first-order valence-corrected chi connectivity index (χ1v) is 5.24. The number of rotatable bonds is 3. The quantitative estimate of drug-likeness (QED) is 0.745. The van der Waals surface area contributed by atoms with Crippen molar-refractivity contribution in [1.82, 2.24) is 4.98 Å². The molecule has 1 aliphatic carbocycles. The van der Waals surface area contributed by atoms with E-state index < -0.39 is 0 Å². The molecule has 4 heteroatoms. The third-order valence-electron chi connectivity index (χ3n) is 2.24. The fraction of sp³-hybridized carbons (Fsp3) is 0.556. The molecule has 3 nitrogen and oxygen atoms in total. The van der Waals surface area contributed by atoms with E-state index in [-0.39, 0.29) is 11.7 Å². The number of aryl methyl sites for hydroxylation is 1. The highest BCUT2D eigenvalue weighted by Crippen LogP contribution is 2.34. The van der Waals surface area contributed by atoms with Gasteiger partial charge in [0.05, 0.1) is 5.69 Å². The zero-order valence-electron chi connectivity index (χ0n) is 7.54. The lowest BCUT2D eigenvalue weighted by Gasteiger charge is -1.88. The van der Waals surface area contributed by atoms with Crippen LogP contribution < -0.4 is 5.73 Å². The summed E-state index contributed by atoms with van der Waals surface area (Å²) in [5.74, 6) is 0.476. The van der Waals surface area contributed by atoms with Gasteiger partial charge in [0.25, 0.3) is 0 Å². The van der Waals surface area contributed by atoms with Crippen LogP contribution in [0.15, 0.2) is 0 Å². The van der Waals surface area contributed by atoms with Crippen LogP contribution in [0.2, 0.25) is 0 Å². The van der Waals surface area contributed by atoms with Crippen molar-refractivity contribution in [3.63, 3.8) is 0 Å². The summed E-state index contributed by atoms with van der Waals surface area (Å²) in [7, 11) is 0. The van der Waals surface area contributed by atoms with Crippen molar-refractivity contribution in [2.24, 2.45) is 11.7 Å². The highest BCUT2D eigenvalue weighted by atomic mass is 32.1. The fourth-order valence-electron chi connectivity index (χ4n) is 1.24. The molecule has 0 amide bonds. The molecule has 1 aliphatic rings. The predicted octanol–water partition coefficient (Wildman–Crippen LogP) is 1.50. The Morgan fingerprint density at radius 1 is 1.69 bits per heavy atom. The number of ketones is 1. The van der Waals surface area contributed by atoms with Crippen LogP contribution in [0.1, 0.15) is 33.2 Å². The van der Waals surface area contributed by atoms with E-state index >= 15 is 0 Å². The molecule has 0 aliphatic heterocycles. The molecule has 1 heterocycles. The molecule has 0 aromatic carbocycles. The highest BCUT2D eigenvalue weighted by molar-refractivity contribution is 7.13. The average Bonchev–Trinajstić information content (AvgIpc) is 2.89. The first-order chi connectivity index (χ1) is 6.22. The zero-order valence-corrected chi connectivity index (χ0v) is 8.36. The Balaban J connectivity index is 2.24. The van der Waals surface area contributed by atoms with E-state index in [1.165, 1.54) is 11.3 Å². The number of aromatic nitrogens is 1. The number of thiazole rings is 1. The molecular weight excluding hydrogens is 184 g/mol. The number of nitrogens with two attached hydrogens (primary N) is 1. The van der Waals surface area contributed by atoms with Crippen molar-refractivity contribution in [3.05, 3.63) is 15.6 Å². The van der Waals surface area contributed by atoms with Crippen LogP contribution in [-0.4, -0.2) is 10.8 Å². The summed E-state index contributed by atoms with van der Waals surface area (Å²) in [5.41, 5.74) is 6.43. The van der Waals surface area contributed by atoms with Gasteiger partial charge in [-0.1, -0.05) is 0 Å². The average molecular weight is 196 g/mol. The molecule has 70 valence electrons. The van der Waals surface area contributed by atoms with Gasteiger partial charge in [0, 0.05) is 17.3 Å². The number of carbonyl (C=O) groups excluding carboxylic acids is 1. The van der Waals surface area contributed by atoms with Gasteiger partial charge in [-0.2, -0.15) is 0 Å². The smallest absolute Gasteiger partial charge is 0.194 e. The SMILES string of the molecule is Cc1nc(C(=O)C2CC2)sc1CN. The Morgan fingerprint density at radius 3 is 2.85 bits per heavy atom. The predicted molar refractivity (Wildman–Crippen MR) is 51.8 cm³/mol. The van der Waals surface area contributed by atoms with E-state index in [9.17, 15) is 4.79 Å². The first-order valence-electron chi connectivity index (χ1n) is 4.43. The van der Waals surface area contributed by atoms with E-state index in [0.29, 0.717) is 11.6 Å². The largest absolute Gasteiger partial charge is 0.326 e. The van der Waals surface area contributed by atoms with Gasteiger partial charge in [0.1, 0.15) is 0 Å². The molecule has 0 radical (unpaired) electrons. The summed E-state index contributed by atoms with van der Waals surface area (Å²) in [4.78, 5) is 16.9. The van der Waals surface area contributed by atoms with E-state index in [4.69, 9.17) is 5.73 Å². The fourth-order valence-corrected chi connectivity index (χ4v) is 2.20. The zero-order chi connectivity index (χ0) is 9.42. The maximum atomic E-state index is 11.6. The molecule has 1 aromatic heterocycles. The normalized spacial score (nSPS) is 16.2. The lowest BCUT2D eigenvalue weighted by atomic mass is 10.3. The van der Waals surface area contributed by atoms with Gasteiger partial charge in [0.15, 0.2) is 10.8 Å². The van der Waals surface area contributed by atoms with Gasteiger partial charge in [0.2, 0.25) is 0 Å². The highest BCUT2D eigenvalue weighted by Gasteiger charge is 2.32. The molecule has 1 saturated carbocycles. The van der Waals surface area contributed by atoms with Crippen molar-refractivity contribution >= 4 is 17.1 Å². The van der Waals surface area contributed by atoms with Gasteiger partial charge in [-0.3, -0.25) is 4.79 Å². The molecule has 2 N–H and O–H groups in total. The van der Waals surface area contributed by atoms with Gasteiger partial charge in [-0.15, -0.1) is 11.3 Å². The molecule has 2 rings (SSSR count). The van der Waals surface area contributed by atoms with Gasteiger partial charge in [-0.25, -0.2) is 4.98 Å². The molecular formula is C9H12N2OS. The Labute approximate surface area is 81.0 Å². The van der Waals surface area contributed by atoms with Crippen LogP contribution >= 0.6 is 11.3 Å². The summed E-state index contributed by atoms with van der Waals surface area (Å²) in [6.07, 6.45) is 2.07. The maximum Gasteiger partial charge on any atom is 0.194 e. The van der Waals surface area contributed by atoms with Crippen molar-refractivity contribution < 1.29 is 4.79 Å². The summed E-state index contributed by atoms with van der Waals surface area (Å²) in [6.45, 7) is 2.39. The van der Waals surface area contributed by atoms with Crippen LogP contribution in [0.4, 0.5) is 0 Å². The third kappa shape index (κ3) is 1.64. The number of Topliss-reactive ketones (excluding diaryl/α,β-unsaturated/α-hetero) is 1. The Bertz CT molecular complexity index is 341. The van der Waals surface area contributed by atoms with Crippen LogP contribution in [0.3, 0.4) is 0 Å². The van der Waals surface area contributed by atoms with Crippen LogP contribution in [-0.2, 0) is 6.54 Å². The van der Waals surface area contributed by atoms with Crippen molar-refractivity contribution in [1.29, 1.82) is 0 Å². The number of hydrogen-bond donors (Lipinski definition) is 1. The van der Waals surface area contributed by atoms with E-state index in [1.54, 1.807) is 0 Å². The lowest BCUT2D eigenvalue weighted by molar-refractivity contribution is 0.0967. The third-order valence-corrected chi connectivity index (χ3v) is 3.43. The van der Waals surface area contributed by atoms with Crippen LogP contribution in [0.25, 0.3) is 0 Å². The molecule has 0 spiro atoms. The molecule has 0 atom stereocenters. The monoisotopic (exact) mass is 196 g/mol. The van der Waals surface area contributed by atoms with Gasteiger partial charge < -0.3 is 5.73 Å². The second-order valence-electron chi connectivity index (χ2n) is 3.37. The number of nitrogens with zero attached hydrogens (tertiary/aromatic N) is 1. The van der Waals surface area contributed by atoms with Crippen molar-refractivity contribution in [2.45, 2.75) is 26.3 Å². The summed E-state index contributed by atoms with van der Waals surface area (Å²) >= 11 is 1.45. The van der Waals surface area contributed by atoms with Crippen LogP contribution in [0.5, 0.6) is 0 Å². The van der Waals surface area contributed by atoms with Crippen LogP contribution in [0, 0.1) is 12.8 Å². The molecule has 0 saturated heterocycles. The number of carbonyl (C=O) groups is 1. The van der Waals surface area contributed by atoms with E-state index in [2.05, 4.69) is 4.98 Å². The minimum Gasteiger partial charge on any atom is -0.326 e. The second-order valence-corrected chi connectivity index (χ2v) is 4.45.